The van der Waals surface area contributed by atoms with Gasteiger partial charge in [-0.2, -0.15) is 0 Å². The number of ether oxygens (including phenoxy) is 2. The molecule has 2 amide bonds. The third-order valence-corrected chi connectivity index (χ3v) is 3.67. The molecule has 0 unspecified atom stereocenters. The summed E-state index contributed by atoms with van der Waals surface area (Å²) in [4.78, 5) is 25.4. The van der Waals surface area contributed by atoms with Crippen LogP contribution < -0.4 is 19.7 Å². The Bertz CT molecular complexity index is 746. The van der Waals surface area contributed by atoms with E-state index >= 15 is 0 Å². The largest absolute Gasteiger partial charge is 0.493 e. The summed E-state index contributed by atoms with van der Waals surface area (Å²) in [6, 6.07) is 14.6. The van der Waals surface area contributed by atoms with Gasteiger partial charge in [0.25, 0.3) is 5.91 Å². The summed E-state index contributed by atoms with van der Waals surface area (Å²) in [6.07, 6.45) is 0.205. The number of amides is 2. The molecule has 124 valence electrons. The molecule has 1 N–H and O–H groups in total. The van der Waals surface area contributed by atoms with Crippen LogP contribution in [0.25, 0.3) is 0 Å². The van der Waals surface area contributed by atoms with Crippen LogP contribution in [-0.4, -0.2) is 32.1 Å². The van der Waals surface area contributed by atoms with E-state index in [1.165, 1.54) is 4.90 Å². The van der Waals surface area contributed by atoms with Gasteiger partial charge in [-0.25, -0.2) is 0 Å². The van der Waals surface area contributed by atoms with Crippen LogP contribution in [0.2, 0.25) is 0 Å². The van der Waals surface area contributed by atoms with Crippen molar-refractivity contribution in [3.8, 4) is 11.5 Å². The lowest BCUT2D eigenvalue weighted by molar-refractivity contribution is -0.121. The Balaban J connectivity index is 1.62. The zero-order valence-corrected chi connectivity index (χ0v) is 13.3. The van der Waals surface area contributed by atoms with Crippen LogP contribution in [0, 0.1) is 0 Å². The molecule has 24 heavy (non-hydrogen) atoms. The highest BCUT2D eigenvalue weighted by Crippen LogP contribution is 2.37. The minimum absolute atomic E-state index is 0.00577. The van der Waals surface area contributed by atoms with Gasteiger partial charge in [-0.15, -0.1) is 0 Å². The third-order valence-electron chi connectivity index (χ3n) is 3.67. The molecule has 0 radical (unpaired) electrons. The lowest BCUT2D eigenvalue weighted by Gasteiger charge is -2.28. The number of likely N-dealkylation sites (N-methyl/N-ethyl adjacent to an activating group) is 1. The molecule has 2 aromatic rings. The van der Waals surface area contributed by atoms with Gasteiger partial charge in [-0.3, -0.25) is 9.59 Å². The van der Waals surface area contributed by atoms with Gasteiger partial charge in [-0.05, 0) is 24.3 Å². The molecule has 6 heteroatoms. The van der Waals surface area contributed by atoms with E-state index in [1.807, 2.05) is 30.3 Å². The molecule has 0 aliphatic carbocycles. The highest BCUT2D eigenvalue weighted by atomic mass is 16.5. The molecule has 0 fully saturated rings. The van der Waals surface area contributed by atoms with Crippen LogP contribution in [0.3, 0.4) is 0 Å². The van der Waals surface area contributed by atoms with Crippen molar-refractivity contribution in [2.75, 3.05) is 30.5 Å². The molecule has 0 saturated heterocycles. The number of para-hydroxylation sites is 2. The van der Waals surface area contributed by atoms with Crippen LogP contribution in [0.1, 0.15) is 6.42 Å². The smallest absolute Gasteiger partial charge is 0.264 e. The van der Waals surface area contributed by atoms with Gasteiger partial charge < -0.3 is 19.7 Å². The Labute approximate surface area is 140 Å². The first kappa shape index (κ1) is 15.9. The topological polar surface area (TPSA) is 67.9 Å². The van der Waals surface area contributed by atoms with Crippen molar-refractivity contribution in [1.82, 2.24) is 0 Å². The van der Waals surface area contributed by atoms with Crippen molar-refractivity contribution in [1.29, 1.82) is 0 Å². The summed E-state index contributed by atoms with van der Waals surface area (Å²) < 4.78 is 10.9. The van der Waals surface area contributed by atoms with E-state index in [2.05, 4.69) is 5.32 Å². The number of rotatable bonds is 5. The molecule has 1 aliphatic rings. The van der Waals surface area contributed by atoms with Crippen LogP contribution in [0.15, 0.2) is 48.5 Å². The predicted octanol–water partition coefficient (Wildman–Crippen LogP) is 2.45. The van der Waals surface area contributed by atoms with E-state index in [0.717, 1.165) is 5.75 Å². The first-order valence-corrected chi connectivity index (χ1v) is 7.65. The van der Waals surface area contributed by atoms with E-state index in [-0.39, 0.29) is 31.4 Å². The fourth-order valence-electron chi connectivity index (χ4n) is 2.44. The van der Waals surface area contributed by atoms with E-state index in [1.54, 1.807) is 25.2 Å². The number of carbonyl (C=O) groups excluding carboxylic acids is 2. The van der Waals surface area contributed by atoms with Crippen LogP contribution in [0.4, 0.5) is 11.4 Å². The lowest BCUT2D eigenvalue weighted by Crippen LogP contribution is -2.36. The van der Waals surface area contributed by atoms with Gasteiger partial charge in [0, 0.05) is 7.05 Å². The minimum atomic E-state index is -0.189. The zero-order valence-electron chi connectivity index (χ0n) is 13.3. The van der Waals surface area contributed by atoms with Crippen LogP contribution in [-0.2, 0) is 9.59 Å². The highest BCUT2D eigenvalue weighted by Gasteiger charge is 2.25. The van der Waals surface area contributed by atoms with E-state index < -0.39 is 0 Å². The van der Waals surface area contributed by atoms with Gasteiger partial charge in [0.1, 0.15) is 17.2 Å². The average molecular weight is 326 g/mol. The number of carbonyl (C=O) groups is 2. The summed E-state index contributed by atoms with van der Waals surface area (Å²) in [5.74, 6) is 0.957. The SMILES string of the molecule is CN1C(=O)COc2cccc(NC(=O)CCOc3ccccc3)c21. The van der Waals surface area contributed by atoms with E-state index in [9.17, 15) is 9.59 Å². The van der Waals surface area contributed by atoms with Crippen molar-refractivity contribution < 1.29 is 19.1 Å². The lowest BCUT2D eigenvalue weighted by atomic mass is 10.2. The third kappa shape index (κ3) is 3.48. The van der Waals surface area contributed by atoms with Crippen LogP contribution >= 0.6 is 0 Å². The standard InChI is InChI=1S/C18H18N2O4/c1-20-17(22)12-24-15-9-5-8-14(18(15)20)19-16(21)10-11-23-13-6-3-2-4-7-13/h2-9H,10-12H2,1H3,(H,19,21). The summed E-state index contributed by atoms with van der Waals surface area (Å²) in [7, 11) is 1.66. The van der Waals surface area contributed by atoms with Crippen molar-refractivity contribution in [3.05, 3.63) is 48.5 Å². The Morgan fingerprint density at radius 1 is 1.21 bits per heavy atom. The van der Waals surface area contributed by atoms with Gasteiger partial charge >= 0.3 is 0 Å². The molecule has 0 atom stereocenters. The summed E-state index contributed by atoms with van der Waals surface area (Å²) in [5.41, 5.74) is 1.12. The Morgan fingerprint density at radius 3 is 2.79 bits per heavy atom. The number of hydrogen-bond donors (Lipinski definition) is 1. The predicted molar refractivity (Wildman–Crippen MR) is 90.5 cm³/mol. The fourth-order valence-corrected chi connectivity index (χ4v) is 2.44. The fraction of sp³-hybridized carbons (Fsp3) is 0.222. The molecule has 6 nitrogen and oxygen atoms in total. The molecule has 0 aromatic heterocycles. The maximum atomic E-state index is 12.1. The molecule has 0 saturated carbocycles. The molecule has 0 spiro atoms. The monoisotopic (exact) mass is 326 g/mol. The first-order chi connectivity index (χ1) is 11.6. The molecule has 1 aliphatic heterocycles. The van der Waals surface area contributed by atoms with Gasteiger partial charge in [0.2, 0.25) is 5.91 Å². The van der Waals surface area contributed by atoms with Gasteiger partial charge in [-0.1, -0.05) is 24.3 Å². The number of fused-ring (bicyclic) bond motifs is 1. The van der Waals surface area contributed by atoms with Gasteiger partial charge in [0.05, 0.1) is 18.7 Å². The molecular formula is C18H18N2O4. The second-order valence-electron chi connectivity index (χ2n) is 5.35. The minimum Gasteiger partial charge on any atom is -0.493 e. The van der Waals surface area contributed by atoms with Crippen molar-refractivity contribution in [2.24, 2.45) is 0 Å². The first-order valence-electron chi connectivity index (χ1n) is 7.65. The molecule has 1 heterocycles. The van der Waals surface area contributed by atoms with Crippen LogP contribution in [0.5, 0.6) is 11.5 Å². The van der Waals surface area contributed by atoms with Crippen molar-refractivity contribution in [2.45, 2.75) is 6.42 Å². The summed E-state index contributed by atoms with van der Waals surface area (Å²) in [5, 5.41) is 2.81. The quantitative estimate of drug-likeness (QED) is 0.916. The summed E-state index contributed by atoms with van der Waals surface area (Å²) in [6.45, 7) is 0.280. The Kier molecular flexibility index (Phi) is 4.65. The zero-order chi connectivity index (χ0) is 16.9. The number of nitrogens with zero attached hydrogens (tertiary/aromatic N) is 1. The molecule has 0 bridgehead atoms. The van der Waals surface area contributed by atoms with Crippen molar-refractivity contribution >= 4 is 23.2 Å². The van der Waals surface area contributed by atoms with E-state index in [4.69, 9.17) is 9.47 Å². The Hall–Kier alpha value is -3.02. The summed E-state index contributed by atoms with van der Waals surface area (Å²) >= 11 is 0. The Morgan fingerprint density at radius 2 is 2.00 bits per heavy atom. The van der Waals surface area contributed by atoms with E-state index in [0.29, 0.717) is 17.1 Å². The molecule has 3 rings (SSSR count). The second-order valence-corrected chi connectivity index (χ2v) is 5.35. The average Bonchev–Trinajstić information content (AvgIpc) is 2.59. The highest BCUT2D eigenvalue weighted by molar-refractivity contribution is 6.04. The maximum absolute atomic E-state index is 12.1. The molecular weight excluding hydrogens is 308 g/mol. The second kappa shape index (κ2) is 7.04. The number of nitrogens with one attached hydrogen (secondary N) is 1. The normalized spacial score (nSPS) is 13.0. The number of anilines is 2. The maximum Gasteiger partial charge on any atom is 0.264 e. The van der Waals surface area contributed by atoms with Gasteiger partial charge in [0.15, 0.2) is 6.61 Å². The number of hydrogen-bond acceptors (Lipinski definition) is 4. The van der Waals surface area contributed by atoms with Crippen molar-refractivity contribution in [3.63, 3.8) is 0 Å². The number of benzene rings is 2. The molecule has 2 aromatic carbocycles.